The summed E-state index contributed by atoms with van der Waals surface area (Å²) < 4.78 is 5.61. The first-order valence-electron chi connectivity index (χ1n) is 6.97. The van der Waals surface area contributed by atoms with E-state index >= 15 is 0 Å². The molecule has 0 spiro atoms. The fraction of sp³-hybridized carbons (Fsp3) is 0.294. The first-order chi connectivity index (χ1) is 10.1. The third kappa shape index (κ3) is 5.36. The van der Waals surface area contributed by atoms with Crippen LogP contribution in [0.2, 0.25) is 10.0 Å². The van der Waals surface area contributed by atoms with Crippen LogP contribution in [-0.2, 0) is 13.1 Å². The number of ether oxygens (including phenoxy) is 1. The molecule has 0 aromatic heterocycles. The molecule has 22 heavy (non-hydrogen) atoms. The van der Waals surface area contributed by atoms with Gasteiger partial charge in [0.1, 0.15) is 5.75 Å². The second-order valence-corrected chi connectivity index (χ2v) is 5.74. The van der Waals surface area contributed by atoms with E-state index in [9.17, 15) is 0 Å². The maximum atomic E-state index is 6.19. The zero-order valence-electron chi connectivity index (χ0n) is 12.7. The molecule has 2 rings (SSSR count). The van der Waals surface area contributed by atoms with Crippen LogP contribution in [0.4, 0.5) is 0 Å². The van der Waals surface area contributed by atoms with E-state index in [2.05, 4.69) is 36.5 Å². The highest BCUT2D eigenvalue weighted by Crippen LogP contribution is 2.32. The molecule has 0 aliphatic heterocycles. The van der Waals surface area contributed by atoms with Gasteiger partial charge in [-0.05, 0) is 31.5 Å². The second kappa shape index (κ2) is 9.26. The first-order valence-corrected chi connectivity index (χ1v) is 7.72. The molecule has 0 radical (unpaired) electrons. The van der Waals surface area contributed by atoms with Gasteiger partial charge in [-0.15, -0.1) is 12.4 Å². The first kappa shape index (κ1) is 19.1. The maximum absolute atomic E-state index is 6.19. The summed E-state index contributed by atoms with van der Waals surface area (Å²) in [6.07, 6.45) is 0. The van der Waals surface area contributed by atoms with Crippen LogP contribution in [0.5, 0.6) is 5.75 Å². The van der Waals surface area contributed by atoms with Crippen LogP contribution in [0.3, 0.4) is 0 Å². The highest BCUT2D eigenvalue weighted by molar-refractivity contribution is 6.35. The van der Waals surface area contributed by atoms with Gasteiger partial charge in [-0.1, -0.05) is 53.0 Å². The van der Waals surface area contributed by atoms with Crippen molar-refractivity contribution < 1.29 is 4.74 Å². The molecular weight excluding hydrogens is 341 g/mol. The summed E-state index contributed by atoms with van der Waals surface area (Å²) in [7, 11) is 0. The smallest absolute Gasteiger partial charge is 0.142 e. The molecule has 1 N–H and O–H groups in total. The average Bonchev–Trinajstić information content (AvgIpc) is 2.44. The Morgan fingerprint density at radius 3 is 2.36 bits per heavy atom. The quantitative estimate of drug-likeness (QED) is 0.743. The molecule has 0 heterocycles. The molecule has 0 saturated heterocycles. The molecule has 5 heteroatoms. The van der Waals surface area contributed by atoms with Crippen molar-refractivity contribution in [2.75, 3.05) is 6.61 Å². The zero-order valence-corrected chi connectivity index (χ0v) is 15.0. The minimum absolute atomic E-state index is 0. The van der Waals surface area contributed by atoms with Gasteiger partial charge in [0.2, 0.25) is 0 Å². The van der Waals surface area contributed by atoms with Gasteiger partial charge in [0.15, 0.2) is 0 Å². The summed E-state index contributed by atoms with van der Waals surface area (Å²) in [4.78, 5) is 0. The van der Waals surface area contributed by atoms with Crippen LogP contribution in [0.25, 0.3) is 0 Å². The minimum Gasteiger partial charge on any atom is -0.492 e. The van der Waals surface area contributed by atoms with E-state index in [4.69, 9.17) is 27.9 Å². The lowest BCUT2D eigenvalue weighted by atomic mass is 10.1. The van der Waals surface area contributed by atoms with Gasteiger partial charge in [0.25, 0.3) is 0 Å². The molecule has 2 aromatic rings. The molecule has 2 nitrogen and oxygen atoms in total. The number of halogens is 3. The summed E-state index contributed by atoms with van der Waals surface area (Å²) in [6, 6.07) is 12.1. The number of hydrogen-bond acceptors (Lipinski definition) is 2. The van der Waals surface area contributed by atoms with E-state index in [-0.39, 0.29) is 12.4 Å². The summed E-state index contributed by atoms with van der Waals surface area (Å²) in [5.41, 5.74) is 3.48. The maximum Gasteiger partial charge on any atom is 0.142 e. The van der Waals surface area contributed by atoms with Gasteiger partial charge in [-0.2, -0.15) is 0 Å². The summed E-state index contributed by atoms with van der Waals surface area (Å²) in [5, 5.41) is 4.57. The molecule has 0 amide bonds. The van der Waals surface area contributed by atoms with Gasteiger partial charge >= 0.3 is 0 Å². The number of aryl methyl sites for hydroxylation is 1. The Kier molecular flexibility index (Phi) is 8.05. The standard InChI is InChI=1S/C17H19Cl2NO.ClH/c1-3-21-17-14(8-15(18)9-16(17)19)11-20-10-13-6-4-12(2)5-7-13;/h4-9,20H,3,10-11H2,1-2H3;1H. The Labute approximate surface area is 148 Å². The van der Waals surface area contributed by atoms with Gasteiger partial charge in [-0.3, -0.25) is 0 Å². The van der Waals surface area contributed by atoms with Gasteiger partial charge in [0.05, 0.1) is 11.6 Å². The average molecular weight is 361 g/mol. The van der Waals surface area contributed by atoms with Crippen LogP contribution < -0.4 is 10.1 Å². The Morgan fingerprint density at radius 2 is 1.73 bits per heavy atom. The highest BCUT2D eigenvalue weighted by atomic mass is 35.5. The highest BCUT2D eigenvalue weighted by Gasteiger charge is 2.10. The predicted octanol–water partition coefficient (Wildman–Crippen LogP) is 5.41. The summed E-state index contributed by atoms with van der Waals surface area (Å²) in [5.74, 6) is 0.708. The molecule has 2 aromatic carbocycles. The minimum atomic E-state index is 0. The second-order valence-electron chi connectivity index (χ2n) is 4.90. The molecule has 0 bridgehead atoms. The normalized spacial score (nSPS) is 10.2. The van der Waals surface area contributed by atoms with Crippen LogP contribution in [0, 0.1) is 6.92 Å². The van der Waals surface area contributed by atoms with E-state index in [0.29, 0.717) is 28.9 Å². The van der Waals surface area contributed by atoms with Crippen molar-refractivity contribution in [3.05, 3.63) is 63.1 Å². The molecule has 0 saturated carbocycles. The van der Waals surface area contributed by atoms with E-state index < -0.39 is 0 Å². The topological polar surface area (TPSA) is 21.3 Å². The van der Waals surface area contributed by atoms with Gasteiger partial charge in [-0.25, -0.2) is 0 Å². The van der Waals surface area contributed by atoms with Crippen molar-refractivity contribution in [3.63, 3.8) is 0 Å². The molecule has 0 fully saturated rings. The lowest BCUT2D eigenvalue weighted by molar-refractivity contribution is 0.335. The van der Waals surface area contributed by atoms with Gasteiger partial charge < -0.3 is 10.1 Å². The van der Waals surface area contributed by atoms with E-state index in [1.165, 1.54) is 11.1 Å². The molecule has 0 aliphatic rings. The Hall–Kier alpha value is -0.930. The van der Waals surface area contributed by atoms with E-state index in [0.717, 1.165) is 12.1 Å². The van der Waals surface area contributed by atoms with Crippen molar-refractivity contribution >= 4 is 35.6 Å². The van der Waals surface area contributed by atoms with Crippen molar-refractivity contribution in [2.45, 2.75) is 26.9 Å². The van der Waals surface area contributed by atoms with Crippen molar-refractivity contribution in [3.8, 4) is 5.75 Å². The number of hydrogen-bond donors (Lipinski definition) is 1. The number of rotatable bonds is 6. The Morgan fingerprint density at radius 1 is 1.05 bits per heavy atom. The third-order valence-corrected chi connectivity index (χ3v) is 3.64. The Balaban J connectivity index is 0.00000242. The third-order valence-electron chi connectivity index (χ3n) is 3.14. The number of nitrogens with one attached hydrogen (secondary N) is 1. The van der Waals surface area contributed by atoms with Crippen molar-refractivity contribution in [1.82, 2.24) is 5.32 Å². The van der Waals surface area contributed by atoms with Crippen LogP contribution in [0.15, 0.2) is 36.4 Å². The van der Waals surface area contributed by atoms with Crippen LogP contribution in [0.1, 0.15) is 23.6 Å². The van der Waals surface area contributed by atoms with Crippen molar-refractivity contribution in [1.29, 1.82) is 0 Å². The molecule has 120 valence electrons. The lowest BCUT2D eigenvalue weighted by Crippen LogP contribution is -2.14. The van der Waals surface area contributed by atoms with E-state index in [1.54, 1.807) is 6.07 Å². The van der Waals surface area contributed by atoms with Crippen LogP contribution >= 0.6 is 35.6 Å². The fourth-order valence-corrected chi connectivity index (χ4v) is 2.69. The molecule has 0 atom stereocenters. The summed E-state index contributed by atoms with van der Waals surface area (Å²) in [6.45, 7) is 6.04. The zero-order chi connectivity index (χ0) is 15.2. The lowest BCUT2D eigenvalue weighted by Gasteiger charge is -2.13. The van der Waals surface area contributed by atoms with Crippen molar-refractivity contribution in [2.24, 2.45) is 0 Å². The van der Waals surface area contributed by atoms with Gasteiger partial charge in [0, 0.05) is 23.7 Å². The fourth-order valence-electron chi connectivity index (χ4n) is 2.10. The predicted molar refractivity (Wildman–Crippen MR) is 96.6 cm³/mol. The van der Waals surface area contributed by atoms with E-state index in [1.807, 2.05) is 13.0 Å². The van der Waals surface area contributed by atoms with Crippen LogP contribution in [-0.4, -0.2) is 6.61 Å². The molecule has 0 unspecified atom stereocenters. The Bertz CT molecular complexity index is 600. The monoisotopic (exact) mass is 359 g/mol. The number of benzene rings is 2. The molecule has 0 aliphatic carbocycles. The largest absolute Gasteiger partial charge is 0.492 e. The summed E-state index contributed by atoms with van der Waals surface area (Å²) >= 11 is 12.3. The molecular formula is C17H20Cl3NO. The SMILES string of the molecule is CCOc1c(Cl)cc(Cl)cc1CNCc1ccc(C)cc1.Cl.